The van der Waals surface area contributed by atoms with E-state index in [0.29, 0.717) is 23.5 Å². The molecule has 1 amide bonds. The Labute approximate surface area is 153 Å². The molecule has 0 aliphatic carbocycles. The molecule has 0 atom stereocenters. The van der Waals surface area contributed by atoms with Gasteiger partial charge in [0.15, 0.2) is 16.2 Å². The van der Waals surface area contributed by atoms with Crippen molar-refractivity contribution in [2.45, 2.75) is 0 Å². The zero-order valence-electron chi connectivity index (χ0n) is 13.5. The first kappa shape index (κ1) is 16.0. The smallest absolute Gasteiger partial charge is 0.289 e. The van der Waals surface area contributed by atoms with Crippen LogP contribution in [0.1, 0.15) is 10.6 Å². The molecule has 7 heteroatoms. The van der Waals surface area contributed by atoms with Crippen LogP contribution in [0.3, 0.4) is 0 Å². The highest BCUT2D eigenvalue weighted by Crippen LogP contribution is 2.23. The van der Waals surface area contributed by atoms with Crippen LogP contribution in [0.5, 0.6) is 0 Å². The second-order valence-electron chi connectivity index (χ2n) is 5.89. The number of carbonyl (C=O) groups is 1. The lowest BCUT2D eigenvalue weighted by Gasteiger charge is -2.34. The van der Waals surface area contributed by atoms with Gasteiger partial charge in [-0.1, -0.05) is 30.3 Å². The summed E-state index contributed by atoms with van der Waals surface area (Å²) in [4.78, 5) is 16.4. The Balaban J connectivity index is 1.41. The number of furan rings is 1. The van der Waals surface area contributed by atoms with Crippen molar-refractivity contribution in [1.82, 2.24) is 15.1 Å². The summed E-state index contributed by atoms with van der Waals surface area (Å²) in [5.41, 5.74) is 2.10. The maximum Gasteiger partial charge on any atom is 0.289 e. The fourth-order valence-electron chi connectivity index (χ4n) is 2.96. The van der Waals surface area contributed by atoms with Gasteiger partial charge in [0.05, 0.1) is 5.69 Å². The number of H-pyrrole nitrogens is 1. The van der Waals surface area contributed by atoms with E-state index in [1.54, 1.807) is 12.1 Å². The summed E-state index contributed by atoms with van der Waals surface area (Å²) in [7, 11) is 0. The number of hydrogen-bond donors (Lipinski definition) is 1. The van der Waals surface area contributed by atoms with Gasteiger partial charge in [-0.15, -0.1) is 0 Å². The number of piperazine rings is 1. The number of rotatable bonds is 3. The van der Waals surface area contributed by atoms with E-state index in [-0.39, 0.29) is 5.91 Å². The number of anilines is 1. The summed E-state index contributed by atoms with van der Waals surface area (Å²) < 4.78 is 5.93. The molecule has 1 aliphatic heterocycles. The number of aromatic amines is 1. The molecule has 0 radical (unpaired) electrons. The van der Waals surface area contributed by atoms with Crippen molar-refractivity contribution >= 4 is 27.7 Å². The quantitative estimate of drug-likeness (QED) is 0.731. The third kappa shape index (κ3) is 3.32. The highest BCUT2D eigenvalue weighted by atomic mass is 79.9. The minimum Gasteiger partial charge on any atom is -0.444 e. The van der Waals surface area contributed by atoms with E-state index in [1.807, 2.05) is 23.1 Å². The highest BCUT2D eigenvalue weighted by Gasteiger charge is 2.25. The molecule has 1 N–H and O–H groups in total. The molecule has 1 aliphatic rings. The first-order chi connectivity index (χ1) is 12.2. The van der Waals surface area contributed by atoms with Crippen LogP contribution in [0.2, 0.25) is 0 Å². The van der Waals surface area contributed by atoms with Gasteiger partial charge < -0.3 is 14.2 Å². The molecule has 2 aromatic heterocycles. The number of hydrogen-bond acceptors (Lipinski definition) is 4. The van der Waals surface area contributed by atoms with Crippen molar-refractivity contribution in [3.63, 3.8) is 0 Å². The van der Waals surface area contributed by atoms with E-state index in [2.05, 4.69) is 49.2 Å². The standard InChI is InChI=1S/C18H17BrN4O2/c19-16-7-6-15(25-16)18(24)23-10-8-22(9-11-23)17-12-14(20-21-17)13-4-2-1-3-5-13/h1-7,12H,8-11H2,(H,20,21). The second-order valence-corrected chi connectivity index (χ2v) is 6.67. The van der Waals surface area contributed by atoms with Crippen molar-refractivity contribution in [3.05, 3.63) is 59.0 Å². The normalized spacial score (nSPS) is 14.8. The largest absolute Gasteiger partial charge is 0.444 e. The molecule has 3 heterocycles. The average Bonchev–Trinajstić information content (AvgIpc) is 3.31. The number of carbonyl (C=O) groups excluding carboxylic acids is 1. The maximum atomic E-state index is 12.4. The molecule has 0 bridgehead atoms. The Morgan fingerprint density at radius 2 is 1.84 bits per heavy atom. The lowest BCUT2D eigenvalue weighted by molar-refractivity contribution is 0.0713. The number of nitrogens with one attached hydrogen (secondary N) is 1. The van der Waals surface area contributed by atoms with Gasteiger partial charge in [0.2, 0.25) is 0 Å². The van der Waals surface area contributed by atoms with Gasteiger partial charge in [0.1, 0.15) is 0 Å². The molecular formula is C18H17BrN4O2. The lowest BCUT2D eigenvalue weighted by atomic mass is 10.1. The Hall–Kier alpha value is -2.54. The zero-order chi connectivity index (χ0) is 17.2. The first-order valence-electron chi connectivity index (χ1n) is 8.11. The third-order valence-corrected chi connectivity index (χ3v) is 4.75. The van der Waals surface area contributed by atoms with Crippen molar-refractivity contribution in [2.75, 3.05) is 31.1 Å². The summed E-state index contributed by atoms with van der Waals surface area (Å²) in [6, 6.07) is 15.6. The number of halogens is 1. The van der Waals surface area contributed by atoms with Gasteiger partial charge in [-0.2, -0.15) is 5.10 Å². The summed E-state index contributed by atoms with van der Waals surface area (Å²) in [6.07, 6.45) is 0. The zero-order valence-corrected chi connectivity index (χ0v) is 15.1. The van der Waals surface area contributed by atoms with Gasteiger partial charge in [0.25, 0.3) is 5.91 Å². The minimum absolute atomic E-state index is 0.0719. The van der Waals surface area contributed by atoms with E-state index in [9.17, 15) is 4.79 Å². The predicted octanol–water partition coefficient (Wildman–Crippen LogP) is 3.39. The van der Waals surface area contributed by atoms with Crippen LogP contribution in [-0.2, 0) is 0 Å². The van der Waals surface area contributed by atoms with Gasteiger partial charge in [-0.05, 0) is 33.6 Å². The van der Waals surface area contributed by atoms with Crippen molar-refractivity contribution in [2.24, 2.45) is 0 Å². The summed E-state index contributed by atoms with van der Waals surface area (Å²) in [5.74, 6) is 1.20. The van der Waals surface area contributed by atoms with Crippen molar-refractivity contribution < 1.29 is 9.21 Å². The summed E-state index contributed by atoms with van der Waals surface area (Å²) >= 11 is 3.23. The van der Waals surface area contributed by atoms with Crippen LogP contribution in [-0.4, -0.2) is 47.2 Å². The fourth-order valence-corrected chi connectivity index (χ4v) is 3.27. The molecule has 0 saturated carbocycles. The first-order valence-corrected chi connectivity index (χ1v) is 8.90. The van der Waals surface area contributed by atoms with Crippen LogP contribution in [0.15, 0.2) is 57.6 Å². The Morgan fingerprint density at radius 1 is 1.08 bits per heavy atom. The number of benzene rings is 1. The molecule has 1 fully saturated rings. The van der Waals surface area contributed by atoms with Gasteiger partial charge in [0, 0.05) is 32.2 Å². The third-order valence-electron chi connectivity index (χ3n) is 4.32. The fraction of sp³-hybridized carbons (Fsp3) is 0.222. The van der Waals surface area contributed by atoms with Gasteiger partial charge >= 0.3 is 0 Å². The average molecular weight is 401 g/mol. The predicted molar refractivity (Wildman–Crippen MR) is 98.5 cm³/mol. The molecule has 1 aromatic carbocycles. The topological polar surface area (TPSA) is 65.4 Å². The Kier molecular flexibility index (Phi) is 4.31. The van der Waals surface area contributed by atoms with E-state index < -0.39 is 0 Å². The maximum absolute atomic E-state index is 12.4. The minimum atomic E-state index is -0.0719. The molecule has 0 unspecified atom stereocenters. The molecule has 1 saturated heterocycles. The van der Waals surface area contributed by atoms with E-state index >= 15 is 0 Å². The Morgan fingerprint density at radius 3 is 2.52 bits per heavy atom. The van der Waals surface area contributed by atoms with Crippen molar-refractivity contribution in [3.8, 4) is 11.3 Å². The van der Waals surface area contributed by atoms with E-state index in [4.69, 9.17) is 4.42 Å². The number of nitrogens with zero attached hydrogens (tertiary/aromatic N) is 3. The van der Waals surface area contributed by atoms with Gasteiger partial charge in [-0.25, -0.2) is 0 Å². The van der Waals surface area contributed by atoms with Crippen LogP contribution in [0.4, 0.5) is 5.82 Å². The summed E-state index contributed by atoms with van der Waals surface area (Å²) in [6.45, 7) is 2.77. The van der Waals surface area contributed by atoms with E-state index in [0.717, 1.165) is 30.2 Å². The molecule has 25 heavy (non-hydrogen) atoms. The van der Waals surface area contributed by atoms with Gasteiger partial charge in [-0.3, -0.25) is 9.89 Å². The second kappa shape index (κ2) is 6.76. The monoisotopic (exact) mass is 400 g/mol. The van der Waals surface area contributed by atoms with E-state index in [1.165, 1.54) is 0 Å². The lowest BCUT2D eigenvalue weighted by Crippen LogP contribution is -2.48. The molecule has 0 spiro atoms. The summed E-state index contributed by atoms with van der Waals surface area (Å²) in [5, 5.41) is 7.51. The van der Waals surface area contributed by atoms with Crippen molar-refractivity contribution in [1.29, 1.82) is 0 Å². The Bertz CT molecular complexity index is 866. The molecule has 3 aromatic rings. The molecule has 128 valence electrons. The molecule has 6 nitrogen and oxygen atoms in total. The van der Waals surface area contributed by atoms with Crippen LogP contribution in [0.25, 0.3) is 11.3 Å². The SMILES string of the molecule is O=C(c1ccc(Br)o1)N1CCN(c2cc(-c3ccccc3)[nH]n2)CC1. The van der Waals surface area contributed by atoms with Crippen LogP contribution >= 0.6 is 15.9 Å². The molecular weight excluding hydrogens is 384 g/mol. The molecule has 4 rings (SSSR count). The van der Waals surface area contributed by atoms with Crippen LogP contribution < -0.4 is 4.90 Å². The highest BCUT2D eigenvalue weighted by molar-refractivity contribution is 9.10. The number of amides is 1. The van der Waals surface area contributed by atoms with Crippen LogP contribution in [0, 0.1) is 0 Å². The number of aromatic nitrogens is 2.